The summed E-state index contributed by atoms with van der Waals surface area (Å²) in [6, 6.07) is 5.51. The van der Waals surface area contributed by atoms with Crippen LogP contribution in [0, 0.1) is 5.82 Å². The first-order valence-electron chi connectivity index (χ1n) is 6.93. The average Bonchev–Trinajstić information content (AvgIpc) is 2.38. The Balaban J connectivity index is 2.15. The molecule has 1 heterocycles. The molecule has 4 heteroatoms. The van der Waals surface area contributed by atoms with Crippen molar-refractivity contribution in [1.29, 1.82) is 0 Å². The fourth-order valence-corrected chi connectivity index (χ4v) is 2.97. The highest BCUT2D eigenvalue weighted by Crippen LogP contribution is 2.22. The molecule has 1 fully saturated rings. The molecule has 0 spiro atoms. The third-order valence-electron chi connectivity index (χ3n) is 3.85. The largest absolute Gasteiger partial charge is 0.389 e. The minimum absolute atomic E-state index is 0.256. The van der Waals surface area contributed by atoms with E-state index in [0.717, 1.165) is 25.1 Å². The molecule has 1 unspecified atom stereocenters. The van der Waals surface area contributed by atoms with Gasteiger partial charge in [-0.05, 0) is 49.6 Å². The van der Waals surface area contributed by atoms with Crippen LogP contribution in [-0.4, -0.2) is 22.5 Å². The van der Waals surface area contributed by atoms with Gasteiger partial charge in [-0.2, -0.15) is 0 Å². The van der Waals surface area contributed by atoms with Gasteiger partial charge in [-0.1, -0.05) is 25.6 Å². The van der Waals surface area contributed by atoms with Gasteiger partial charge in [0.25, 0.3) is 0 Å². The third kappa shape index (κ3) is 3.74. The smallest absolute Gasteiger partial charge is 0.124 e. The second-order valence-electron chi connectivity index (χ2n) is 5.24. The minimum atomic E-state index is -0.259. The number of halogens is 1. The molecule has 104 valence electrons. The lowest BCUT2D eigenvalue weighted by molar-refractivity contribution is 0.136. The Morgan fingerprint density at radius 3 is 2.89 bits per heavy atom. The molecule has 0 amide bonds. The van der Waals surface area contributed by atoms with Crippen LogP contribution in [0.4, 0.5) is 4.39 Å². The van der Waals surface area contributed by atoms with E-state index in [0.29, 0.717) is 11.6 Å². The van der Waals surface area contributed by atoms with Crippen molar-refractivity contribution in [3.05, 3.63) is 35.1 Å². The highest BCUT2D eigenvalue weighted by Gasteiger charge is 2.21. The van der Waals surface area contributed by atoms with Crippen molar-refractivity contribution in [3.8, 4) is 0 Å². The Morgan fingerprint density at radius 2 is 2.21 bits per heavy atom. The molecule has 1 aliphatic heterocycles. The minimum Gasteiger partial charge on any atom is -0.389 e. The first-order valence-corrected chi connectivity index (χ1v) is 7.34. The number of benzene rings is 1. The number of rotatable bonds is 4. The van der Waals surface area contributed by atoms with Crippen molar-refractivity contribution < 1.29 is 4.39 Å². The van der Waals surface area contributed by atoms with Crippen LogP contribution in [0.5, 0.6) is 0 Å². The van der Waals surface area contributed by atoms with Crippen molar-refractivity contribution in [2.24, 2.45) is 5.73 Å². The summed E-state index contributed by atoms with van der Waals surface area (Å²) in [5.74, 6) is -0.259. The molecule has 1 saturated heterocycles. The van der Waals surface area contributed by atoms with Crippen LogP contribution in [0.1, 0.15) is 43.7 Å². The van der Waals surface area contributed by atoms with E-state index in [9.17, 15) is 4.39 Å². The van der Waals surface area contributed by atoms with Crippen LogP contribution in [-0.2, 0) is 6.54 Å². The van der Waals surface area contributed by atoms with E-state index in [2.05, 4.69) is 11.8 Å². The fraction of sp³-hybridized carbons (Fsp3) is 0.533. The van der Waals surface area contributed by atoms with Crippen molar-refractivity contribution in [2.75, 3.05) is 6.54 Å². The lowest BCUT2D eigenvalue weighted by atomic mass is 9.99. The summed E-state index contributed by atoms with van der Waals surface area (Å²) in [6.07, 6.45) is 4.93. The van der Waals surface area contributed by atoms with Crippen LogP contribution < -0.4 is 5.73 Å². The second kappa shape index (κ2) is 6.44. The normalized spacial score (nSPS) is 20.4. The quantitative estimate of drug-likeness (QED) is 0.859. The van der Waals surface area contributed by atoms with Crippen molar-refractivity contribution in [3.63, 3.8) is 0 Å². The summed E-state index contributed by atoms with van der Waals surface area (Å²) in [6.45, 7) is 4.10. The lowest BCUT2D eigenvalue weighted by Crippen LogP contribution is -2.38. The lowest BCUT2D eigenvalue weighted by Gasteiger charge is -2.35. The maximum atomic E-state index is 13.6. The molecule has 1 aromatic carbocycles. The van der Waals surface area contributed by atoms with E-state index in [1.54, 1.807) is 6.07 Å². The van der Waals surface area contributed by atoms with E-state index < -0.39 is 0 Å². The van der Waals surface area contributed by atoms with Crippen molar-refractivity contribution >= 4 is 17.2 Å². The van der Waals surface area contributed by atoms with Gasteiger partial charge in [-0.15, -0.1) is 0 Å². The van der Waals surface area contributed by atoms with E-state index in [-0.39, 0.29) is 10.8 Å². The molecule has 2 N–H and O–H groups in total. The Bertz CT molecular complexity index is 461. The molecule has 1 aromatic rings. The maximum Gasteiger partial charge on any atom is 0.124 e. The first-order chi connectivity index (χ1) is 9.10. The number of thiocarbonyl (C=S) groups is 1. The number of hydrogen-bond donors (Lipinski definition) is 1. The Hall–Kier alpha value is -1.00. The molecular formula is C15H21FN2S. The van der Waals surface area contributed by atoms with Gasteiger partial charge in [-0.3, -0.25) is 4.90 Å². The number of nitrogens with zero attached hydrogens (tertiary/aromatic N) is 1. The topological polar surface area (TPSA) is 29.3 Å². The Morgan fingerprint density at radius 1 is 1.42 bits per heavy atom. The van der Waals surface area contributed by atoms with Crippen LogP contribution in [0.2, 0.25) is 0 Å². The number of piperidine rings is 1. The van der Waals surface area contributed by atoms with E-state index in [1.807, 2.05) is 6.07 Å². The number of hydrogen-bond acceptors (Lipinski definition) is 2. The maximum absolute atomic E-state index is 13.6. The number of nitrogens with two attached hydrogens (primary N) is 1. The zero-order valence-electron chi connectivity index (χ0n) is 11.4. The summed E-state index contributed by atoms with van der Waals surface area (Å²) in [5.41, 5.74) is 7.17. The van der Waals surface area contributed by atoms with Crippen LogP contribution in [0.15, 0.2) is 18.2 Å². The summed E-state index contributed by atoms with van der Waals surface area (Å²) in [7, 11) is 0. The molecule has 0 radical (unpaired) electrons. The number of likely N-dealkylation sites (tertiary alicyclic amines) is 1. The average molecular weight is 280 g/mol. The van der Waals surface area contributed by atoms with Gasteiger partial charge in [0, 0.05) is 18.2 Å². The fourth-order valence-electron chi connectivity index (χ4n) is 2.85. The molecule has 1 atom stereocenters. The van der Waals surface area contributed by atoms with Crippen LogP contribution >= 0.6 is 12.2 Å². The van der Waals surface area contributed by atoms with Gasteiger partial charge in [0.1, 0.15) is 10.8 Å². The summed E-state index contributed by atoms with van der Waals surface area (Å²) >= 11 is 4.93. The SMILES string of the molecule is CCC1CCCCN1Cc1cc(F)cc(C(N)=S)c1. The second-order valence-corrected chi connectivity index (χ2v) is 5.68. The summed E-state index contributed by atoms with van der Waals surface area (Å²) < 4.78 is 13.6. The molecule has 0 aliphatic carbocycles. The Labute approximate surface area is 119 Å². The molecule has 0 bridgehead atoms. The van der Waals surface area contributed by atoms with E-state index in [4.69, 9.17) is 18.0 Å². The van der Waals surface area contributed by atoms with E-state index in [1.165, 1.54) is 25.3 Å². The van der Waals surface area contributed by atoms with Crippen molar-refractivity contribution in [2.45, 2.75) is 45.2 Å². The molecule has 2 rings (SSSR count). The molecule has 2 nitrogen and oxygen atoms in total. The Kier molecular flexibility index (Phi) is 4.88. The van der Waals surface area contributed by atoms with E-state index >= 15 is 0 Å². The highest BCUT2D eigenvalue weighted by atomic mass is 32.1. The third-order valence-corrected chi connectivity index (χ3v) is 4.08. The van der Waals surface area contributed by atoms with Gasteiger partial charge in [0.2, 0.25) is 0 Å². The predicted molar refractivity (Wildman–Crippen MR) is 80.6 cm³/mol. The first kappa shape index (κ1) is 14.4. The zero-order chi connectivity index (χ0) is 13.8. The van der Waals surface area contributed by atoms with Crippen molar-refractivity contribution in [1.82, 2.24) is 4.90 Å². The van der Waals surface area contributed by atoms with Gasteiger partial charge in [0.15, 0.2) is 0 Å². The molecule has 0 saturated carbocycles. The van der Waals surface area contributed by atoms with Gasteiger partial charge >= 0.3 is 0 Å². The van der Waals surface area contributed by atoms with Crippen LogP contribution in [0.25, 0.3) is 0 Å². The molecule has 19 heavy (non-hydrogen) atoms. The summed E-state index contributed by atoms with van der Waals surface area (Å²) in [4.78, 5) is 2.70. The summed E-state index contributed by atoms with van der Waals surface area (Å²) in [5, 5.41) is 0. The standard InChI is InChI=1S/C15H21FN2S/c1-2-14-5-3-4-6-18(14)10-11-7-12(15(17)19)9-13(16)8-11/h7-9,14H,2-6,10H2,1H3,(H2,17,19). The molecule has 0 aromatic heterocycles. The van der Waals surface area contributed by atoms with Crippen LogP contribution in [0.3, 0.4) is 0 Å². The zero-order valence-corrected chi connectivity index (χ0v) is 12.2. The highest BCUT2D eigenvalue weighted by molar-refractivity contribution is 7.80. The van der Waals surface area contributed by atoms with Gasteiger partial charge in [-0.25, -0.2) is 4.39 Å². The predicted octanol–water partition coefficient (Wildman–Crippen LogP) is 3.22. The molecular weight excluding hydrogens is 259 g/mol. The monoisotopic (exact) mass is 280 g/mol. The van der Waals surface area contributed by atoms with Gasteiger partial charge < -0.3 is 5.73 Å². The molecule has 1 aliphatic rings. The van der Waals surface area contributed by atoms with Gasteiger partial charge in [0.05, 0.1) is 0 Å².